The van der Waals surface area contributed by atoms with Crippen molar-refractivity contribution in [2.24, 2.45) is 0 Å². The molecule has 0 bridgehead atoms. The highest BCUT2D eigenvalue weighted by Crippen LogP contribution is 2.37. The van der Waals surface area contributed by atoms with Crippen molar-refractivity contribution in [3.63, 3.8) is 0 Å². The summed E-state index contributed by atoms with van der Waals surface area (Å²) in [5, 5.41) is 0. The summed E-state index contributed by atoms with van der Waals surface area (Å²) in [5.41, 5.74) is 4.80. The first-order chi connectivity index (χ1) is 11.3. The van der Waals surface area contributed by atoms with Gasteiger partial charge in [0, 0.05) is 22.3 Å². The molecule has 0 unspecified atom stereocenters. The van der Waals surface area contributed by atoms with E-state index < -0.39 is 0 Å². The van der Waals surface area contributed by atoms with Gasteiger partial charge < -0.3 is 0 Å². The van der Waals surface area contributed by atoms with Crippen LogP contribution in [-0.2, 0) is 0 Å². The Morgan fingerprint density at radius 3 is 2.22 bits per heavy atom. The van der Waals surface area contributed by atoms with E-state index in [-0.39, 0.29) is 0 Å². The quantitative estimate of drug-likeness (QED) is 0.558. The van der Waals surface area contributed by atoms with Gasteiger partial charge in [0.2, 0.25) is 12.4 Å². The number of hydrogen-bond acceptors (Lipinski definition) is 1. The number of fused-ring (bicyclic) bond motifs is 1. The smallest absolute Gasteiger partial charge is 0.228 e. The summed E-state index contributed by atoms with van der Waals surface area (Å²) in [4.78, 5) is 2.34. The first-order valence-corrected chi connectivity index (χ1v) is 8.40. The van der Waals surface area contributed by atoms with E-state index in [0.29, 0.717) is 0 Å². The van der Waals surface area contributed by atoms with Crippen molar-refractivity contribution in [2.75, 3.05) is 11.6 Å². The Balaban J connectivity index is 1.88. The maximum Gasteiger partial charge on any atom is 0.228 e. The SMILES string of the molecule is Brc1cccc2c1N(c1ccccc1)C[N+](c1ccccc1)=C2. The Labute approximate surface area is 144 Å². The average molecular weight is 364 g/mol. The number of nitrogens with zero attached hydrogens (tertiary/aromatic N) is 2. The summed E-state index contributed by atoms with van der Waals surface area (Å²) in [6.07, 6.45) is 2.22. The number of rotatable bonds is 2. The fraction of sp³-hybridized carbons (Fsp3) is 0.0500. The molecule has 0 saturated heterocycles. The van der Waals surface area contributed by atoms with Crippen molar-refractivity contribution < 1.29 is 4.58 Å². The zero-order valence-electron chi connectivity index (χ0n) is 12.6. The Morgan fingerprint density at radius 2 is 1.48 bits per heavy atom. The predicted molar refractivity (Wildman–Crippen MR) is 99.1 cm³/mol. The number of halogens is 1. The van der Waals surface area contributed by atoms with Gasteiger partial charge in [-0.2, -0.15) is 4.58 Å². The second-order valence-corrected chi connectivity index (χ2v) is 6.37. The maximum atomic E-state index is 3.72. The van der Waals surface area contributed by atoms with Crippen LogP contribution in [0, 0.1) is 0 Å². The minimum atomic E-state index is 0.781. The van der Waals surface area contributed by atoms with E-state index in [4.69, 9.17) is 0 Å². The molecule has 0 amide bonds. The second-order valence-electron chi connectivity index (χ2n) is 5.52. The third-order valence-corrected chi connectivity index (χ3v) is 4.67. The second kappa shape index (κ2) is 6.01. The summed E-state index contributed by atoms with van der Waals surface area (Å²) in [6, 6.07) is 27.3. The van der Waals surface area contributed by atoms with Crippen molar-refractivity contribution in [1.29, 1.82) is 0 Å². The molecule has 0 spiro atoms. The summed E-state index contributed by atoms with van der Waals surface area (Å²) < 4.78 is 3.39. The van der Waals surface area contributed by atoms with Gasteiger partial charge in [-0.15, -0.1) is 0 Å². The van der Waals surface area contributed by atoms with Crippen LogP contribution in [0.25, 0.3) is 0 Å². The van der Waals surface area contributed by atoms with Crippen LogP contribution < -0.4 is 4.90 Å². The van der Waals surface area contributed by atoms with Gasteiger partial charge in [-0.25, -0.2) is 0 Å². The van der Waals surface area contributed by atoms with Crippen molar-refractivity contribution in [3.05, 3.63) is 88.9 Å². The van der Waals surface area contributed by atoms with Crippen molar-refractivity contribution in [2.45, 2.75) is 0 Å². The normalized spacial score (nSPS) is 13.4. The molecule has 3 heteroatoms. The Morgan fingerprint density at radius 1 is 0.783 bits per heavy atom. The molecule has 3 aromatic carbocycles. The van der Waals surface area contributed by atoms with Gasteiger partial charge in [0.1, 0.15) is 0 Å². The third-order valence-electron chi connectivity index (χ3n) is 4.03. The lowest BCUT2D eigenvalue weighted by Gasteiger charge is -2.28. The molecule has 0 aliphatic carbocycles. The fourth-order valence-electron chi connectivity index (χ4n) is 2.95. The molecular weight excluding hydrogens is 348 g/mol. The summed E-state index contributed by atoms with van der Waals surface area (Å²) >= 11 is 3.72. The standard InChI is InChI=1S/C20H16BrN2/c21-19-13-7-8-16-14-22(17-9-3-1-4-10-17)15-23(20(16)19)18-11-5-2-6-12-18/h1-14H,15H2/q+1. The van der Waals surface area contributed by atoms with Crippen LogP contribution in [0.4, 0.5) is 17.1 Å². The van der Waals surface area contributed by atoms with E-state index in [1.807, 2.05) is 6.07 Å². The zero-order chi connectivity index (χ0) is 15.6. The topological polar surface area (TPSA) is 6.25 Å². The molecule has 0 fully saturated rings. The van der Waals surface area contributed by atoms with Gasteiger partial charge in [-0.3, -0.25) is 4.90 Å². The largest absolute Gasteiger partial charge is 0.284 e. The molecule has 112 valence electrons. The van der Waals surface area contributed by atoms with E-state index in [1.165, 1.54) is 22.6 Å². The van der Waals surface area contributed by atoms with Gasteiger partial charge in [-0.05, 0) is 40.2 Å². The molecule has 0 N–H and O–H groups in total. The van der Waals surface area contributed by atoms with Gasteiger partial charge in [-0.1, -0.05) is 42.5 Å². The number of anilines is 2. The zero-order valence-corrected chi connectivity index (χ0v) is 14.1. The van der Waals surface area contributed by atoms with Crippen molar-refractivity contribution >= 4 is 39.2 Å². The van der Waals surface area contributed by atoms with Crippen LogP contribution in [0.2, 0.25) is 0 Å². The number of para-hydroxylation sites is 3. The lowest BCUT2D eigenvalue weighted by Crippen LogP contribution is -2.32. The maximum absolute atomic E-state index is 3.72. The van der Waals surface area contributed by atoms with Crippen LogP contribution in [-0.4, -0.2) is 17.5 Å². The first kappa shape index (κ1) is 14.2. The van der Waals surface area contributed by atoms with Crippen LogP contribution in [0.3, 0.4) is 0 Å². The summed E-state index contributed by atoms with van der Waals surface area (Å²) in [5.74, 6) is 0. The van der Waals surface area contributed by atoms with E-state index in [2.05, 4.69) is 104 Å². The average Bonchev–Trinajstić information content (AvgIpc) is 2.62. The molecular formula is C20H16BrN2+. The van der Waals surface area contributed by atoms with Crippen LogP contribution in [0.5, 0.6) is 0 Å². The molecule has 1 aliphatic heterocycles. The molecule has 0 aromatic heterocycles. The Hall–Kier alpha value is -2.39. The van der Waals surface area contributed by atoms with E-state index >= 15 is 0 Å². The molecule has 0 atom stereocenters. The molecule has 0 radical (unpaired) electrons. The molecule has 1 heterocycles. The minimum absolute atomic E-state index is 0.781. The van der Waals surface area contributed by atoms with Gasteiger partial charge in [0.25, 0.3) is 0 Å². The Bertz CT molecular complexity index is 857. The monoisotopic (exact) mass is 363 g/mol. The minimum Gasteiger partial charge on any atom is -0.284 e. The molecule has 2 nitrogen and oxygen atoms in total. The predicted octanol–water partition coefficient (Wildman–Crippen LogP) is 5.32. The number of hydrogen-bond donors (Lipinski definition) is 0. The summed E-state index contributed by atoms with van der Waals surface area (Å²) in [6.45, 7) is 0.781. The third kappa shape index (κ3) is 2.68. The van der Waals surface area contributed by atoms with E-state index in [9.17, 15) is 0 Å². The highest BCUT2D eigenvalue weighted by Gasteiger charge is 2.27. The van der Waals surface area contributed by atoms with Gasteiger partial charge >= 0.3 is 0 Å². The van der Waals surface area contributed by atoms with Crippen LogP contribution >= 0.6 is 15.9 Å². The summed E-state index contributed by atoms with van der Waals surface area (Å²) in [7, 11) is 0. The first-order valence-electron chi connectivity index (χ1n) is 7.60. The molecule has 23 heavy (non-hydrogen) atoms. The van der Waals surface area contributed by atoms with E-state index in [0.717, 1.165) is 11.1 Å². The molecule has 0 saturated carbocycles. The molecule has 3 aromatic rings. The lowest BCUT2D eigenvalue weighted by atomic mass is 10.1. The van der Waals surface area contributed by atoms with Gasteiger partial charge in [0.15, 0.2) is 6.21 Å². The van der Waals surface area contributed by atoms with Crippen molar-refractivity contribution in [3.8, 4) is 0 Å². The highest BCUT2D eigenvalue weighted by molar-refractivity contribution is 9.10. The molecule has 1 aliphatic rings. The lowest BCUT2D eigenvalue weighted by molar-refractivity contribution is -0.434. The molecule has 4 rings (SSSR count). The van der Waals surface area contributed by atoms with Crippen LogP contribution in [0.15, 0.2) is 83.3 Å². The van der Waals surface area contributed by atoms with Crippen molar-refractivity contribution in [1.82, 2.24) is 0 Å². The number of benzene rings is 3. The van der Waals surface area contributed by atoms with Crippen LogP contribution in [0.1, 0.15) is 5.56 Å². The van der Waals surface area contributed by atoms with Gasteiger partial charge in [0.05, 0.1) is 11.3 Å². The fourth-order valence-corrected chi connectivity index (χ4v) is 3.54. The highest BCUT2D eigenvalue weighted by atomic mass is 79.9. The Kier molecular flexibility index (Phi) is 3.72. The van der Waals surface area contributed by atoms with E-state index in [1.54, 1.807) is 0 Å².